The van der Waals surface area contributed by atoms with Crippen molar-refractivity contribution >= 4 is 29.0 Å². The van der Waals surface area contributed by atoms with Gasteiger partial charge in [-0.15, -0.1) is 10.2 Å². The number of aromatic nitrogens is 3. The fourth-order valence-electron chi connectivity index (χ4n) is 2.16. The van der Waals surface area contributed by atoms with Crippen LogP contribution in [0.4, 0.5) is 11.5 Å². The molecule has 0 aliphatic heterocycles. The first kappa shape index (κ1) is 16.8. The maximum absolute atomic E-state index is 12.3. The molecule has 0 radical (unpaired) electrons. The molecule has 3 aromatic rings. The van der Waals surface area contributed by atoms with E-state index in [2.05, 4.69) is 26.0 Å². The average Bonchev–Trinajstić information content (AvgIpc) is 3.10. The Morgan fingerprint density at radius 3 is 2.52 bits per heavy atom. The maximum atomic E-state index is 12.3. The second-order valence-electron chi connectivity index (χ2n) is 5.18. The number of hydrogen-bond donors (Lipinski definition) is 3. The van der Waals surface area contributed by atoms with Crippen molar-refractivity contribution in [3.63, 3.8) is 0 Å². The molecule has 7 nitrogen and oxygen atoms in total. The molecule has 2 aromatic carbocycles. The largest absolute Gasteiger partial charge is 0.497 e. The average molecular weight is 358 g/mol. The molecule has 0 bridgehead atoms. The molecule has 0 fully saturated rings. The first-order valence-electron chi connectivity index (χ1n) is 7.50. The zero-order valence-corrected chi connectivity index (χ0v) is 14.2. The van der Waals surface area contributed by atoms with Gasteiger partial charge in [-0.05, 0) is 42.0 Å². The number of H-pyrrole nitrogens is 1. The number of halogens is 1. The predicted octanol–water partition coefficient (Wildman–Crippen LogP) is 3.14. The molecule has 128 valence electrons. The molecule has 0 aliphatic carbocycles. The van der Waals surface area contributed by atoms with Crippen LogP contribution in [0.25, 0.3) is 0 Å². The van der Waals surface area contributed by atoms with Gasteiger partial charge in [0.15, 0.2) is 11.5 Å². The zero-order chi connectivity index (χ0) is 17.6. The minimum Gasteiger partial charge on any atom is -0.497 e. The number of rotatable bonds is 6. The van der Waals surface area contributed by atoms with Crippen molar-refractivity contribution in [2.45, 2.75) is 6.54 Å². The Kier molecular flexibility index (Phi) is 5.15. The minimum atomic E-state index is -0.332. The van der Waals surface area contributed by atoms with E-state index in [0.717, 1.165) is 17.0 Å². The van der Waals surface area contributed by atoms with Crippen molar-refractivity contribution in [3.05, 3.63) is 64.8 Å². The molecule has 25 heavy (non-hydrogen) atoms. The van der Waals surface area contributed by atoms with Gasteiger partial charge in [0.2, 0.25) is 0 Å². The summed E-state index contributed by atoms with van der Waals surface area (Å²) in [6, 6.07) is 14.5. The van der Waals surface area contributed by atoms with Crippen LogP contribution in [0.5, 0.6) is 5.75 Å². The SMILES string of the molecule is COc1ccc(CNC(=O)c2n[nH]nc2Nc2ccc(Cl)cc2)cc1. The molecule has 0 atom stereocenters. The Hall–Kier alpha value is -3.06. The summed E-state index contributed by atoms with van der Waals surface area (Å²) in [5.41, 5.74) is 1.89. The Bertz CT molecular complexity index is 846. The third kappa shape index (κ3) is 4.27. The van der Waals surface area contributed by atoms with Gasteiger partial charge in [0, 0.05) is 17.3 Å². The van der Waals surface area contributed by atoms with Crippen LogP contribution in [0.2, 0.25) is 5.02 Å². The van der Waals surface area contributed by atoms with Gasteiger partial charge in [-0.3, -0.25) is 4.79 Å². The van der Waals surface area contributed by atoms with E-state index in [1.807, 2.05) is 24.3 Å². The van der Waals surface area contributed by atoms with Crippen LogP contribution in [0.15, 0.2) is 48.5 Å². The van der Waals surface area contributed by atoms with Crippen LogP contribution in [0, 0.1) is 0 Å². The number of aromatic amines is 1. The van der Waals surface area contributed by atoms with Crippen LogP contribution in [-0.2, 0) is 6.54 Å². The van der Waals surface area contributed by atoms with E-state index < -0.39 is 0 Å². The number of nitrogens with one attached hydrogen (secondary N) is 3. The van der Waals surface area contributed by atoms with Crippen LogP contribution < -0.4 is 15.4 Å². The number of anilines is 2. The minimum absolute atomic E-state index is 0.184. The van der Waals surface area contributed by atoms with E-state index >= 15 is 0 Å². The number of methoxy groups -OCH3 is 1. The van der Waals surface area contributed by atoms with E-state index in [1.165, 1.54) is 0 Å². The van der Waals surface area contributed by atoms with E-state index in [9.17, 15) is 4.79 Å². The third-order valence-corrected chi connectivity index (χ3v) is 3.73. The van der Waals surface area contributed by atoms with E-state index in [1.54, 1.807) is 31.4 Å². The molecule has 1 amide bonds. The van der Waals surface area contributed by atoms with Crippen LogP contribution in [-0.4, -0.2) is 28.4 Å². The molecular weight excluding hydrogens is 342 g/mol. The molecule has 1 heterocycles. The number of amides is 1. The molecule has 3 rings (SSSR count). The van der Waals surface area contributed by atoms with Crippen LogP contribution >= 0.6 is 11.6 Å². The number of hydrogen-bond acceptors (Lipinski definition) is 5. The summed E-state index contributed by atoms with van der Waals surface area (Å²) >= 11 is 5.86. The predicted molar refractivity (Wildman–Crippen MR) is 95.3 cm³/mol. The molecule has 0 aliphatic rings. The third-order valence-electron chi connectivity index (χ3n) is 3.48. The highest BCUT2D eigenvalue weighted by Gasteiger charge is 2.16. The number of carbonyl (C=O) groups is 1. The quantitative estimate of drug-likeness (QED) is 0.630. The summed E-state index contributed by atoms with van der Waals surface area (Å²) in [5.74, 6) is 0.775. The summed E-state index contributed by atoms with van der Waals surface area (Å²) in [4.78, 5) is 12.3. The molecule has 8 heteroatoms. The first-order valence-corrected chi connectivity index (χ1v) is 7.88. The second kappa shape index (κ2) is 7.67. The highest BCUT2D eigenvalue weighted by atomic mass is 35.5. The van der Waals surface area contributed by atoms with Gasteiger partial charge in [-0.2, -0.15) is 5.21 Å². The summed E-state index contributed by atoms with van der Waals surface area (Å²) < 4.78 is 5.11. The molecule has 0 unspecified atom stereocenters. The molecule has 0 saturated heterocycles. The lowest BCUT2D eigenvalue weighted by Crippen LogP contribution is -2.24. The van der Waals surface area contributed by atoms with Crippen molar-refractivity contribution < 1.29 is 9.53 Å². The summed E-state index contributed by atoms with van der Waals surface area (Å²) in [5, 5.41) is 16.8. The molecule has 0 saturated carbocycles. The fourth-order valence-corrected chi connectivity index (χ4v) is 2.28. The highest BCUT2D eigenvalue weighted by molar-refractivity contribution is 6.30. The van der Waals surface area contributed by atoms with E-state index in [0.29, 0.717) is 17.4 Å². The number of benzene rings is 2. The van der Waals surface area contributed by atoms with Crippen LogP contribution in [0.3, 0.4) is 0 Å². The van der Waals surface area contributed by atoms with Crippen molar-refractivity contribution in [1.29, 1.82) is 0 Å². The Labute approximate surface area is 149 Å². The lowest BCUT2D eigenvalue weighted by Gasteiger charge is -2.07. The van der Waals surface area contributed by atoms with E-state index in [-0.39, 0.29) is 11.6 Å². The maximum Gasteiger partial charge on any atom is 0.275 e. The highest BCUT2D eigenvalue weighted by Crippen LogP contribution is 2.19. The standard InChI is InChI=1S/C17H16ClN5O2/c1-25-14-8-2-11(3-9-14)10-19-17(24)15-16(22-23-21-15)20-13-6-4-12(18)5-7-13/h2-9H,10H2,1H3,(H,19,24)(H2,20,21,22,23). The first-order chi connectivity index (χ1) is 12.2. The molecule has 0 spiro atoms. The van der Waals surface area contributed by atoms with Crippen molar-refractivity contribution in [1.82, 2.24) is 20.7 Å². The fraction of sp³-hybridized carbons (Fsp3) is 0.118. The van der Waals surface area contributed by atoms with Gasteiger partial charge in [0.25, 0.3) is 5.91 Å². The van der Waals surface area contributed by atoms with Gasteiger partial charge in [0.05, 0.1) is 7.11 Å². The smallest absolute Gasteiger partial charge is 0.275 e. The molecule has 1 aromatic heterocycles. The lowest BCUT2D eigenvalue weighted by molar-refractivity contribution is 0.0946. The van der Waals surface area contributed by atoms with E-state index in [4.69, 9.17) is 16.3 Å². The zero-order valence-electron chi connectivity index (χ0n) is 13.4. The Morgan fingerprint density at radius 1 is 1.12 bits per heavy atom. The van der Waals surface area contributed by atoms with Crippen molar-refractivity contribution in [3.8, 4) is 5.75 Å². The monoisotopic (exact) mass is 357 g/mol. The lowest BCUT2D eigenvalue weighted by atomic mass is 10.2. The van der Waals surface area contributed by atoms with Gasteiger partial charge in [-0.1, -0.05) is 23.7 Å². The summed E-state index contributed by atoms with van der Waals surface area (Å²) in [6.45, 7) is 0.371. The molecular formula is C17H16ClN5O2. The van der Waals surface area contributed by atoms with Crippen LogP contribution in [0.1, 0.15) is 16.1 Å². The summed E-state index contributed by atoms with van der Waals surface area (Å²) in [7, 11) is 1.61. The number of ether oxygens (including phenoxy) is 1. The van der Waals surface area contributed by atoms with Gasteiger partial charge in [0.1, 0.15) is 5.75 Å². The van der Waals surface area contributed by atoms with Crippen molar-refractivity contribution in [2.24, 2.45) is 0 Å². The second-order valence-corrected chi connectivity index (χ2v) is 5.62. The molecule has 3 N–H and O–H groups in total. The topological polar surface area (TPSA) is 91.9 Å². The van der Waals surface area contributed by atoms with Gasteiger partial charge in [-0.25, -0.2) is 0 Å². The number of nitrogens with zero attached hydrogens (tertiary/aromatic N) is 2. The Morgan fingerprint density at radius 2 is 1.84 bits per heavy atom. The van der Waals surface area contributed by atoms with Crippen molar-refractivity contribution in [2.75, 3.05) is 12.4 Å². The number of carbonyl (C=O) groups excluding carboxylic acids is 1. The van der Waals surface area contributed by atoms with Gasteiger partial charge < -0.3 is 15.4 Å². The normalized spacial score (nSPS) is 10.3. The Balaban J connectivity index is 1.64. The summed E-state index contributed by atoms with van der Waals surface area (Å²) in [6.07, 6.45) is 0. The van der Waals surface area contributed by atoms with Gasteiger partial charge >= 0.3 is 0 Å².